The van der Waals surface area contributed by atoms with E-state index >= 15 is 0 Å². The van der Waals surface area contributed by atoms with Crippen molar-refractivity contribution in [1.82, 2.24) is 4.90 Å². The van der Waals surface area contributed by atoms with Gasteiger partial charge in [-0.05, 0) is 13.3 Å². The predicted molar refractivity (Wildman–Crippen MR) is 46.7 cm³/mol. The Morgan fingerprint density at radius 1 is 1.50 bits per heavy atom. The van der Waals surface area contributed by atoms with E-state index in [1.165, 1.54) is 0 Å². The average molecular weight is 168 g/mol. The minimum Gasteiger partial charge on any atom is -0.380 e. The fraction of sp³-hybridized carbons (Fsp3) is 0.889. The van der Waals surface area contributed by atoms with Crippen LogP contribution in [0.4, 0.5) is 0 Å². The Morgan fingerprint density at radius 2 is 2.33 bits per heavy atom. The maximum atomic E-state index is 8.53. The van der Waals surface area contributed by atoms with E-state index in [1.54, 1.807) is 0 Å². The van der Waals surface area contributed by atoms with Crippen LogP contribution in [0.1, 0.15) is 19.8 Å². The molecule has 1 aliphatic rings. The van der Waals surface area contributed by atoms with Gasteiger partial charge in [-0.1, -0.05) is 0 Å². The molecule has 12 heavy (non-hydrogen) atoms. The van der Waals surface area contributed by atoms with Gasteiger partial charge in [0.1, 0.15) is 0 Å². The molecule has 0 N–H and O–H groups in total. The minimum absolute atomic E-state index is 0.386. The largest absolute Gasteiger partial charge is 0.380 e. The fourth-order valence-corrected chi connectivity index (χ4v) is 1.47. The van der Waals surface area contributed by atoms with Gasteiger partial charge in [-0.2, -0.15) is 5.26 Å². The number of rotatable bonds is 2. The molecule has 68 valence electrons. The summed E-state index contributed by atoms with van der Waals surface area (Å²) in [6, 6.07) is 2.59. The van der Waals surface area contributed by atoms with Gasteiger partial charge in [0.05, 0.1) is 19.1 Å². The summed E-state index contributed by atoms with van der Waals surface area (Å²) >= 11 is 0. The van der Waals surface area contributed by atoms with E-state index < -0.39 is 0 Å². The quantitative estimate of drug-likeness (QED) is 0.617. The summed E-state index contributed by atoms with van der Waals surface area (Å²) in [5.74, 6) is 0. The lowest BCUT2D eigenvalue weighted by Crippen LogP contribution is -2.34. The lowest BCUT2D eigenvalue weighted by Gasteiger charge is -2.24. The third-order valence-electron chi connectivity index (χ3n) is 2.27. The Morgan fingerprint density at radius 3 is 3.08 bits per heavy atom. The summed E-state index contributed by atoms with van der Waals surface area (Å²) in [6.45, 7) is 5.84. The molecule has 1 fully saturated rings. The number of hydrogen-bond donors (Lipinski definition) is 0. The zero-order chi connectivity index (χ0) is 8.81. The van der Waals surface area contributed by atoms with Crippen LogP contribution in [0.3, 0.4) is 0 Å². The van der Waals surface area contributed by atoms with Crippen LogP contribution in [-0.2, 0) is 4.74 Å². The van der Waals surface area contributed by atoms with Crippen molar-refractivity contribution in [3.05, 3.63) is 0 Å². The van der Waals surface area contributed by atoms with Crippen molar-refractivity contribution in [3.63, 3.8) is 0 Å². The van der Waals surface area contributed by atoms with E-state index in [0.29, 0.717) is 12.5 Å². The number of ether oxygens (including phenoxy) is 1. The summed E-state index contributed by atoms with van der Waals surface area (Å²) in [5.41, 5.74) is 0. The molecular weight excluding hydrogens is 152 g/mol. The zero-order valence-corrected chi connectivity index (χ0v) is 7.62. The summed E-state index contributed by atoms with van der Waals surface area (Å²) in [5, 5.41) is 8.53. The smallest absolute Gasteiger partial charge is 0.0638 e. The molecule has 1 rings (SSSR count). The van der Waals surface area contributed by atoms with Gasteiger partial charge >= 0.3 is 0 Å². The Hall–Kier alpha value is -0.590. The molecule has 0 aromatic heterocycles. The van der Waals surface area contributed by atoms with E-state index in [0.717, 1.165) is 32.7 Å². The molecule has 0 aromatic carbocycles. The first kappa shape index (κ1) is 9.50. The molecule has 1 aliphatic heterocycles. The molecule has 0 bridgehead atoms. The van der Waals surface area contributed by atoms with Crippen LogP contribution in [0.5, 0.6) is 0 Å². The lowest BCUT2D eigenvalue weighted by molar-refractivity contribution is 0.134. The van der Waals surface area contributed by atoms with Crippen LogP contribution in [0, 0.1) is 11.3 Å². The first-order valence-electron chi connectivity index (χ1n) is 4.53. The predicted octanol–water partition coefficient (Wildman–Crippen LogP) is 1.01. The molecule has 1 atom stereocenters. The molecule has 0 aliphatic carbocycles. The maximum Gasteiger partial charge on any atom is 0.0638 e. The van der Waals surface area contributed by atoms with Crippen LogP contribution in [0.2, 0.25) is 0 Å². The first-order valence-corrected chi connectivity index (χ1v) is 4.53. The van der Waals surface area contributed by atoms with Crippen molar-refractivity contribution in [3.8, 4) is 6.07 Å². The molecule has 3 nitrogen and oxygen atoms in total. The second kappa shape index (κ2) is 5.13. The SMILES string of the molecule is CC(CC#N)N1CCCOCC1. The van der Waals surface area contributed by atoms with Crippen LogP contribution < -0.4 is 0 Å². The third kappa shape index (κ3) is 2.80. The summed E-state index contributed by atoms with van der Waals surface area (Å²) in [7, 11) is 0. The second-order valence-electron chi connectivity index (χ2n) is 3.21. The van der Waals surface area contributed by atoms with Crippen LogP contribution in [0.25, 0.3) is 0 Å². The normalized spacial score (nSPS) is 22.7. The molecule has 1 unspecified atom stereocenters. The van der Waals surface area contributed by atoms with Crippen molar-refractivity contribution in [1.29, 1.82) is 5.26 Å². The molecule has 0 amide bonds. The molecule has 0 spiro atoms. The fourth-order valence-electron chi connectivity index (χ4n) is 1.47. The lowest BCUT2D eigenvalue weighted by atomic mass is 10.2. The van der Waals surface area contributed by atoms with Gasteiger partial charge < -0.3 is 4.74 Å². The monoisotopic (exact) mass is 168 g/mol. The number of nitrogens with zero attached hydrogens (tertiary/aromatic N) is 2. The van der Waals surface area contributed by atoms with E-state index in [1.807, 2.05) is 0 Å². The molecular formula is C9H16N2O. The van der Waals surface area contributed by atoms with Gasteiger partial charge in [0.25, 0.3) is 0 Å². The molecule has 1 heterocycles. The van der Waals surface area contributed by atoms with E-state index in [-0.39, 0.29) is 0 Å². The number of hydrogen-bond acceptors (Lipinski definition) is 3. The summed E-state index contributed by atoms with van der Waals surface area (Å²) < 4.78 is 5.33. The highest BCUT2D eigenvalue weighted by atomic mass is 16.5. The van der Waals surface area contributed by atoms with E-state index in [2.05, 4.69) is 17.9 Å². The van der Waals surface area contributed by atoms with E-state index in [9.17, 15) is 0 Å². The standard InChI is InChI=1S/C9H16N2O/c1-9(3-4-10)11-5-2-7-12-8-6-11/h9H,2-3,5-8H2,1H3. The Labute approximate surface area is 73.9 Å². The first-order chi connectivity index (χ1) is 5.84. The molecule has 0 radical (unpaired) electrons. The van der Waals surface area contributed by atoms with Crippen molar-refractivity contribution in [2.24, 2.45) is 0 Å². The topological polar surface area (TPSA) is 36.3 Å². The van der Waals surface area contributed by atoms with Crippen molar-refractivity contribution in [2.75, 3.05) is 26.3 Å². The average Bonchev–Trinajstić information content (AvgIpc) is 2.32. The van der Waals surface area contributed by atoms with Crippen LogP contribution >= 0.6 is 0 Å². The molecule has 0 aromatic rings. The van der Waals surface area contributed by atoms with Crippen molar-refractivity contribution < 1.29 is 4.74 Å². The Balaban J connectivity index is 2.33. The minimum atomic E-state index is 0.386. The Kier molecular flexibility index (Phi) is 4.06. The van der Waals surface area contributed by atoms with Gasteiger partial charge in [0.15, 0.2) is 0 Å². The third-order valence-corrected chi connectivity index (χ3v) is 2.27. The zero-order valence-electron chi connectivity index (χ0n) is 7.62. The molecule has 3 heteroatoms. The second-order valence-corrected chi connectivity index (χ2v) is 3.21. The highest BCUT2D eigenvalue weighted by Gasteiger charge is 2.14. The summed E-state index contributed by atoms with van der Waals surface area (Å²) in [6.07, 6.45) is 1.72. The van der Waals surface area contributed by atoms with Gasteiger partial charge in [-0.25, -0.2) is 0 Å². The molecule has 1 saturated heterocycles. The van der Waals surface area contributed by atoms with Crippen LogP contribution in [0.15, 0.2) is 0 Å². The van der Waals surface area contributed by atoms with E-state index in [4.69, 9.17) is 10.00 Å². The van der Waals surface area contributed by atoms with Gasteiger partial charge in [-0.15, -0.1) is 0 Å². The number of nitriles is 1. The van der Waals surface area contributed by atoms with Crippen molar-refractivity contribution in [2.45, 2.75) is 25.8 Å². The Bertz CT molecular complexity index is 156. The highest BCUT2D eigenvalue weighted by Crippen LogP contribution is 2.06. The van der Waals surface area contributed by atoms with Crippen LogP contribution in [-0.4, -0.2) is 37.2 Å². The van der Waals surface area contributed by atoms with Crippen molar-refractivity contribution >= 4 is 0 Å². The summed E-state index contributed by atoms with van der Waals surface area (Å²) in [4.78, 5) is 2.33. The maximum absolute atomic E-state index is 8.53. The highest BCUT2D eigenvalue weighted by molar-refractivity contribution is 4.80. The van der Waals surface area contributed by atoms with Gasteiger partial charge in [0, 0.05) is 25.7 Å². The van der Waals surface area contributed by atoms with Gasteiger partial charge in [0.2, 0.25) is 0 Å². The van der Waals surface area contributed by atoms with Gasteiger partial charge in [-0.3, -0.25) is 4.90 Å². The molecule has 0 saturated carbocycles.